The lowest BCUT2D eigenvalue weighted by Crippen LogP contribution is -1.91. The highest BCUT2D eigenvalue weighted by molar-refractivity contribution is 7.13. The van der Waals surface area contributed by atoms with Gasteiger partial charge in [-0.25, -0.2) is 4.98 Å². The van der Waals surface area contributed by atoms with Gasteiger partial charge < -0.3 is 14.4 Å². The summed E-state index contributed by atoms with van der Waals surface area (Å²) in [7, 11) is 0. The van der Waals surface area contributed by atoms with Crippen molar-refractivity contribution in [1.29, 1.82) is 0 Å². The maximum atomic E-state index is 10.4. The molecular formula is C20H16N2O3S. The number of benzene rings is 2. The van der Waals surface area contributed by atoms with Crippen molar-refractivity contribution in [1.82, 2.24) is 10.1 Å². The van der Waals surface area contributed by atoms with E-state index in [9.17, 15) is 5.11 Å². The number of nitrogens with zero attached hydrogens (tertiary/aromatic N) is 2. The highest BCUT2D eigenvalue weighted by Gasteiger charge is 2.19. The van der Waals surface area contributed by atoms with Gasteiger partial charge in [0.05, 0.1) is 29.6 Å². The maximum Gasteiger partial charge on any atom is 0.179 e. The highest BCUT2D eigenvalue weighted by atomic mass is 32.1. The summed E-state index contributed by atoms with van der Waals surface area (Å²) in [5.41, 5.74) is 3.11. The van der Waals surface area contributed by atoms with Crippen molar-refractivity contribution in [3.63, 3.8) is 0 Å². The molecular weight excluding hydrogens is 348 g/mol. The Hall–Kier alpha value is -3.12. The fourth-order valence-corrected chi connectivity index (χ4v) is 3.51. The zero-order valence-corrected chi connectivity index (χ0v) is 14.9. The van der Waals surface area contributed by atoms with Crippen LogP contribution in [0.15, 0.2) is 64.6 Å². The molecule has 0 spiro atoms. The van der Waals surface area contributed by atoms with E-state index in [-0.39, 0.29) is 5.75 Å². The number of thiazole rings is 1. The third-order valence-electron chi connectivity index (χ3n) is 3.90. The topological polar surface area (TPSA) is 68.4 Å². The van der Waals surface area contributed by atoms with Gasteiger partial charge in [-0.1, -0.05) is 35.5 Å². The zero-order valence-electron chi connectivity index (χ0n) is 14.0. The van der Waals surface area contributed by atoms with E-state index in [0.29, 0.717) is 23.7 Å². The smallest absolute Gasteiger partial charge is 0.179 e. The first-order chi connectivity index (χ1) is 12.8. The van der Waals surface area contributed by atoms with Crippen molar-refractivity contribution in [2.45, 2.75) is 6.92 Å². The Morgan fingerprint density at radius 2 is 1.96 bits per heavy atom. The average molecular weight is 364 g/mol. The van der Waals surface area contributed by atoms with Crippen LogP contribution in [0.2, 0.25) is 0 Å². The van der Waals surface area contributed by atoms with Gasteiger partial charge in [0.2, 0.25) is 0 Å². The Morgan fingerprint density at radius 3 is 2.73 bits per heavy atom. The maximum absolute atomic E-state index is 10.4. The average Bonchev–Trinajstić information content (AvgIpc) is 3.32. The summed E-state index contributed by atoms with van der Waals surface area (Å²) < 4.78 is 10.8. The zero-order chi connectivity index (χ0) is 17.9. The summed E-state index contributed by atoms with van der Waals surface area (Å²) >= 11 is 1.55. The minimum atomic E-state index is 0.0764. The van der Waals surface area contributed by atoms with Crippen LogP contribution in [0.5, 0.6) is 11.5 Å². The van der Waals surface area contributed by atoms with Crippen LogP contribution < -0.4 is 4.74 Å². The lowest BCUT2D eigenvalue weighted by molar-refractivity contribution is 0.337. The summed E-state index contributed by atoms with van der Waals surface area (Å²) in [5.74, 6) is 1.16. The van der Waals surface area contributed by atoms with Crippen molar-refractivity contribution in [2.75, 3.05) is 6.61 Å². The Morgan fingerprint density at radius 1 is 1.12 bits per heavy atom. The second-order valence-corrected chi connectivity index (χ2v) is 6.44. The molecule has 2 aromatic carbocycles. The molecule has 0 unspecified atom stereocenters. The molecule has 0 fully saturated rings. The number of aromatic hydroxyl groups is 1. The van der Waals surface area contributed by atoms with Gasteiger partial charge in [0.1, 0.15) is 16.5 Å². The van der Waals surface area contributed by atoms with Crippen LogP contribution in [0.1, 0.15) is 6.92 Å². The fraction of sp³-hybridized carbons (Fsp3) is 0.100. The molecule has 4 aromatic rings. The third kappa shape index (κ3) is 3.07. The molecule has 0 saturated heterocycles. The summed E-state index contributed by atoms with van der Waals surface area (Å²) in [6.07, 6.45) is 1.62. The molecule has 0 aliphatic rings. The SMILES string of the molecule is CCOc1ccc(-c2oncc2-c2csc(-c3ccccc3)n2)c(O)c1. The number of aromatic nitrogens is 2. The molecule has 2 aromatic heterocycles. The summed E-state index contributed by atoms with van der Waals surface area (Å²) in [6, 6.07) is 15.1. The predicted octanol–water partition coefficient (Wildman–Crippen LogP) is 5.24. The molecule has 0 bridgehead atoms. The minimum Gasteiger partial charge on any atom is -0.507 e. The van der Waals surface area contributed by atoms with Gasteiger partial charge >= 0.3 is 0 Å². The highest BCUT2D eigenvalue weighted by Crippen LogP contribution is 2.39. The van der Waals surface area contributed by atoms with E-state index in [4.69, 9.17) is 14.2 Å². The molecule has 5 nitrogen and oxygen atoms in total. The van der Waals surface area contributed by atoms with E-state index in [0.717, 1.165) is 21.8 Å². The van der Waals surface area contributed by atoms with Crippen LogP contribution in [0, 0.1) is 0 Å². The van der Waals surface area contributed by atoms with E-state index in [1.54, 1.807) is 35.7 Å². The molecule has 4 rings (SSSR count). The van der Waals surface area contributed by atoms with Gasteiger partial charge in [0, 0.05) is 17.0 Å². The van der Waals surface area contributed by atoms with Crippen molar-refractivity contribution in [2.24, 2.45) is 0 Å². The molecule has 1 N–H and O–H groups in total. The Kier molecular flexibility index (Phi) is 4.41. The van der Waals surface area contributed by atoms with Gasteiger partial charge in [-0.15, -0.1) is 11.3 Å². The summed E-state index contributed by atoms with van der Waals surface area (Å²) in [4.78, 5) is 4.70. The van der Waals surface area contributed by atoms with E-state index in [1.807, 2.05) is 42.6 Å². The van der Waals surface area contributed by atoms with Gasteiger partial charge in [0.25, 0.3) is 0 Å². The molecule has 0 amide bonds. The molecule has 6 heteroatoms. The first kappa shape index (κ1) is 16.4. The van der Waals surface area contributed by atoms with E-state index >= 15 is 0 Å². The van der Waals surface area contributed by atoms with Gasteiger partial charge in [-0.05, 0) is 19.1 Å². The quantitative estimate of drug-likeness (QED) is 0.525. The molecule has 0 saturated carbocycles. The lowest BCUT2D eigenvalue weighted by Gasteiger charge is -2.06. The second kappa shape index (κ2) is 7.01. The minimum absolute atomic E-state index is 0.0764. The molecule has 0 aliphatic heterocycles. The summed E-state index contributed by atoms with van der Waals surface area (Å²) in [5, 5.41) is 17.1. The third-order valence-corrected chi connectivity index (χ3v) is 4.79. The van der Waals surface area contributed by atoms with E-state index in [1.165, 1.54) is 0 Å². The van der Waals surface area contributed by atoms with E-state index < -0.39 is 0 Å². The molecule has 130 valence electrons. The van der Waals surface area contributed by atoms with Crippen LogP contribution >= 0.6 is 11.3 Å². The molecule has 0 radical (unpaired) electrons. The number of ether oxygens (including phenoxy) is 1. The van der Waals surface area contributed by atoms with Crippen molar-refractivity contribution in [3.05, 3.63) is 60.1 Å². The standard InChI is InChI=1S/C20H16N2O3S/c1-2-24-14-8-9-15(18(23)10-14)19-16(11-21-25-19)17-12-26-20(22-17)13-6-4-3-5-7-13/h3-12,23H,2H2,1H3. The Labute approximate surface area is 154 Å². The predicted molar refractivity (Wildman–Crippen MR) is 101 cm³/mol. The first-order valence-electron chi connectivity index (χ1n) is 8.18. The van der Waals surface area contributed by atoms with Crippen molar-refractivity contribution >= 4 is 11.3 Å². The summed E-state index contributed by atoms with van der Waals surface area (Å²) in [6.45, 7) is 2.43. The van der Waals surface area contributed by atoms with Gasteiger partial charge in [-0.2, -0.15) is 0 Å². The number of rotatable bonds is 5. The fourth-order valence-electron chi connectivity index (χ4n) is 2.69. The van der Waals surface area contributed by atoms with Crippen LogP contribution in [0.4, 0.5) is 0 Å². The van der Waals surface area contributed by atoms with Crippen LogP contribution in [-0.2, 0) is 0 Å². The Bertz CT molecular complexity index is 1020. The van der Waals surface area contributed by atoms with Crippen LogP contribution in [0.25, 0.3) is 33.2 Å². The first-order valence-corrected chi connectivity index (χ1v) is 9.06. The van der Waals surface area contributed by atoms with Crippen molar-refractivity contribution < 1.29 is 14.4 Å². The number of phenols is 1. The normalized spacial score (nSPS) is 10.8. The van der Waals surface area contributed by atoms with Gasteiger partial charge in [0.15, 0.2) is 5.76 Å². The molecule has 2 heterocycles. The molecule has 0 atom stereocenters. The van der Waals surface area contributed by atoms with Gasteiger partial charge in [-0.3, -0.25) is 0 Å². The number of hydrogen-bond acceptors (Lipinski definition) is 6. The number of hydrogen-bond donors (Lipinski definition) is 1. The molecule has 26 heavy (non-hydrogen) atoms. The van der Waals surface area contributed by atoms with Crippen LogP contribution in [-0.4, -0.2) is 21.9 Å². The van der Waals surface area contributed by atoms with Crippen LogP contribution in [0.3, 0.4) is 0 Å². The van der Waals surface area contributed by atoms with Crippen molar-refractivity contribution in [3.8, 4) is 44.7 Å². The second-order valence-electron chi connectivity index (χ2n) is 5.58. The monoisotopic (exact) mass is 364 g/mol. The largest absolute Gasteiger partial charge is 0.507 e. The number of phenolic OH excluding ortho intramolecular Hbond substituents is 1. The van der Waals surface area contributed by atoms with E-state index in [2.05, 4.69) is 5.16 Å². The molecule has 0 aliphatic carbocycles. The lowest BCUT2D eigenvalue weighted by atomic mass is 10.1. The Balaban J connectivity index is 1.71.